The van der Waals surface area contributed by atoms with Crippen LogP contribution in [-0.4, -0.2) is 47.3 Å². The highest BCUT2D eigenvalue weighted by atomic mass is 16.5. The second-order valence-electron chi connectivity index (χ2n) is 4.03. The molecule has 0 saturated carbocycles. The van der Waals surface area contributed by atoms with Gasteiger partial charge in [0.1, 0.15) is 19.3 Å². The second-order valence-corrected chi connectivity index (χ2v) is 4.03. The molecule has 3 N–H and O–H groups in total. The standard InChI is InChI=1S/C13H15NO6/c15-11(7-20-8-12(16)17)14-10(13(18)19)6-9-4-2-1-3-5-9/h1-5,10H,6-8H2,(H,14,15)(H,16,17)(H,18,19). The van der Waals surface area contributed by atoms with Crippen molar-refractivity contribution in [2.24, 2.45) is 0 Å². The number of carboxylic acids is 2. The Balaban J connectivity index is 2.49. The van der Waals surface area contributed by atoms with Crippen LogP contribution in [0.2, 0.25) is 0 Å². The minimum atomic E-state index is -1.20. The monoisotopic (exact) mass is 281 g/mol. The maximum absolute atomic E-state index is 11.4. The number of aliphatic carboxylic acids is 2. The van der Waals surface area contributed by atoms with E-state index in [0.717, 1.165) is 5.56 Å². The molecule has 0 spiro atoms. The zero-order valence-corrected chi connectivity index (χ0v) is 10.6. The topological polar surface area (TPSA) is 113 Å². The normalized spacial score (nSPS) is 11.6. The van der Waals surface area contributed by atoms with E-state index in [4.69, 9.17) is 10.2 Å². The van der Waals surface area contributed by atoms with Crippen LogP contribution in [0.3, 0.4) is 0 Å². The number of carbonyl (C=O) groups excluding carboxylic acids is 1. The fourth-order valence-electron chi connectivity index (χ4n) is 1.52. The molecule has 1 aromatic rings. The van der Waals surface area contributed by atoms with Crippen molar-refractivity contribution in [3.05, 3.63) is 35.9 Å². The quantitative estimate of drug-likeness (QED) is 0.613. The maximum Gasteiger partial charge on any atom is 0.329 e. The van der Waals surface area contributed by atoms with E-state index in [1.807, 2.05) is 0 Å². The molecule has 0 aromatic heterocycles. The Bertz CT molecular complexity index is 473. The third-order valence-corrected chi connectivity index (χ3v) is 2.37. The molecule has 0 bridgehead atoms. The van der Waals surface area contributed by atoms with Gasteiger partial charge in [0.2, 0.25) is 5.91 Å². The first-order valence-electron chi connectivity index (χ1n) is 5.84. The van der Waals surface area contributed by atoms with Crippen molar-refractivity contribution in [1.82, 2.24) is 5.32 Å². The number of hydrogen-bond acceptors (Lipinski definition) is 4. The molecule has 20 heavy (non-hydrogen) atoms. The van der Waals surface area contributed by atoms with Crippen molar-refractivity contribution >= 4 is 17.8 Å². The van der Waals surface area contributed by atoms with Crippen LogP contribution in [0.4, 0.5) is 0 Å². The lowest BCUT2D eigenvalue weighted by Crippen LogP contribution is -2.44. The van der Waals surface area contributed by atoms with Crippen LogP contribution in [0, 0.1) is 0 Å². The lowest BCUT2D eigenvalue weighted by molar-refractivity contribution is -0.146. The zero-order valence-electron chi connectivity index (χ0n) is 10.6. The van der Waals surface area contributed by atoms with Gasteiger partial charge >= 0.3 is 11.9 Å². The van der Waals surface area contributed by atoms with E-state index in [1.165, 1.54) is 0 Å². The van der Waals surface area contributed by atoms with E-state index in [-0.39, 0.29) is 6.42 Å². The molecule has 1 aromatic carbocycles. The molecule has 0 heterocycles. The molecule has 7 nitrogen and oxygen atoms in total. The van der Waals surface area contributed by atoms with Crippen LogP contribution in [0.25, 0.3) is 0 Å². The number of carboxylic acid groups (broad SMARTS) is 2. The van der Waals surface area contributed by atoms with Crippen LogP contribution < -0.4 is 5.32 Å². The highest BCUT2D eigenvalue weighted by Crippen LogP contribution is 2.03. The Morgan fingerprint density at radius 1 is 1.10 bits per heavy atom. The summed E-state index contributed by atoms with van der Waals surface area (Å²) in [6, 6.07) is 7.76. The summed E-state index contributed by atoms with van der Waals surface area (Å²) >= 11 is 0. The largest absolute Gasteiger partial charge is 0.480 e. The average Bonchev–Trinajstić information content (AvgIpc) is 2.38. The Labute approximate surface area is 115 Å². The molecule has 0 aliphatic heterocycles. The van der Waals surface area contributed by atoms with Gasteiger partial charge in [0.05, 0.1) is 0 Å². The van der Waals surface area contributed by atoms with Gasteiger partial charge in [-0.25, -0.2) is 9.59 Å². The van der Waals surface area contributed by atoms with Gasteiger partial charge < -0.3 is 20.3 Å². The zero-order chi connectivity index (χ0) is 15.0. The van der Waals surface area contributed by atoms with Crippen molar-refractivity contribution in [3.8, 4) is 0 Å². The molecule has 1 atom stereocenters. The lowest BCUT2D eigenvalue weighted by atomic mass is 10.1. The van der Waals surface area contributed by atoms with E-state index >= 15 is 0 Å². The van der Waals surface area contributed by atoms with Crippen molar-refractivity contribution in [2.75, 3.05) is 13.2 Å². The summed E-state index contributed by atoms with van der Waals surface area (Å²) in [4.78, 5) is 32.7. The van der Waals surface area contributed by atoms with Crippen LogP contribution in [-0.2, 0) is 25.5 Å². The number of hydrogen-bond donors (Lipinski definition) is 3. The number of rotatable bonds is 8. The molecule has 0 aliphatic rings. The molecule has 108 valence electrons. The first kappa shape index (κ1) is 15.6. The summed E-state index contributed by atoms with van der Waals surface area (Å²) in [7, 11) is 0. The van der Waals surface area contributed by atoms with Crippen LogP contribution in [0.5, 0.6) is 0 Å². The summed E-state index contributed by atoms with van der Waals surface area (Å²) in [6.07, 6.45) is 0.140. The fraction of sp³-hybridized carbons (Fsp3) is 0.308. The van der Waals surface area contributed by atoms with Gasteiger partial charge in [0.15, 0.2) is 0 Å². The average molecular weight is 281 g/mol. The van der Waals surface area contributed by atoms with Crippen LogP contribution in [0.1, 0.15) is 5.56 Å². The second kappa shape index (κ2) is 7.90. The number of nitrogens with one attached hydrogen (secondary N) is 1. The Hall–Kier alpha value is -2.41. The van der Waals surface area contributed by atoms with E-state index in [1.54, 1.807) is 30.3 Å². The molecular formula is C13H15NO6. The first-order chi connectivity index (χ1) is 9.49. The highest BCUT2D eigenvalue weighted by Gasteiger charge is 2.20. The lowest BCUT2D eigenvalue weighted by Gasteiger charge is -2.14. The van der Waals surface area contributed by atoms with Crippen molar-refractivity contribution in [3.63, 3.8) is 0 Å². The molecule has 0 fully saturated rings. The van der Waals surface area contributed by atoms with E-state index in [9.17, 15) is 14.4 Å². The number of amides is 1. The van der Waals surface area contributed by atoms with Crippen LogP contribution >= 0.6 is 0 Å². The van der Waals surface area contributed by atoms with Gasteiger partial charge in [0.25, 0.3) is 0 Å². The van der Waals surface area contributed by atoms with Gasteiger partial charge in [-0.2, -0.15) is 0 Å². The molecule has 1 amide bonds. The highest BCUT2D eigenvalue weighted by molar-refractivity contribution is 5.84. The van der Waals surface area contributed by atoms with Gasteiger partial charge in [-0.3, -0.25) is 4.79 Å². The maximum atomic E-state index is 11.4. The molecule has 1 unspecified atom stereocenters. The molecule has 0 aliphatic carbocycles. The number of ether oxygens (including phenoxy) is 1. The van der Waals surface area contributed by atoms with Gasteiger partial charge in [-0.1, -0.05) is 30.3 Å². The summed E-state index contributed by atoms with van der Waals surface area (Å²) in [6.45, 7) is -1.10. The fourth-order valence-corrected chi connectivity index (χ4v) is 1.52. The van der Waals surface area contributed by atoms with Gasteiger partial charge in [-0.15, -0.1) is 0 Å². The molecule has 7 heteroatoms. The summed E-state index contributed by atoms with van der Waals surface area (Å²) in [5, 5.41) is 19.7. The Morgan fingerprint density at radius 2 is 1.75 bits per heavy atom. The van der Waals surface area contributed by atoms with Crippen LogP contribution in [0.15, 0.2) is 30.3 Å². The molecule has 0 saturated heterocycles. The van der Waals surface area contributed by atoms with Gasteiger partial charge in [0, 0.05) is 6.42 Å². The van der Waals surface area contributed by atoms with E-state index in [0.29, 0.717) is 0 Å². The predicted molar refractivity (Wildman–Crippen MR) is 68.2 cm³/mol. The summed E-state index contributed by atoms with van der Waals surface area (Å²) < 4.78 is 4.58. The summed E-state index contributed by atoms with van der Waals surface area (Å²) in [5.41, 5.74) is 0.770. The SMILES string of the molecule is O=C(O)COCC(=O)NC(Cc1ccccc1)C(=O)O. The Morgan fingerprint density at radius 3 is 2.30 bits per heavy atom. The minimum Gasteiger partial charge on any atom is -0.480 e. The minimum absolute atomic E-state index is 0.140. The van der Waals surface area contributed by atoms with Crippen molar-refractivity contribution in [2.45, 2.75) is 12.5 Å². The smallest absolute Gasteiger partial charge is 0.329 e. The van der Waals surface area contributed by atoms with Crippen molar-refractivity contribution in [1.29, 1.82) is 0 Å². The third-order valence-electron chi connectivity index (χ3n) is 2.37. The van der Waals surface area contributed by atoms with E-state index in [2.05, 4.69) is 10.1 Å². The number of carbonyl (C=O) groups is 3. The van der Waals surface area contributed by atoms with E-state index < -0.39 is 37.1 Å². The molecule has 0 radical (unpaired) electrons. The summed E-state index contributed by atoms with van der Waals surface area (Å²) in [5.74, 6) is -3.04. The molecule has 1 rings (SSSR count). The Kier molecular flexibility index (Phi) is 6.18. The number of benzene rings is 1. The predicted octanol–water partition coefficient (Wildman–Crippen LogP) is -0.100. The van der Waals surface area contributed by atoms with Crippen molar-refractivity contribution < 1.29 is 29.3 Å². The molecular weight excluding hydrogens is 266 g/mol. The third kappa shape index (κ3) is 5.96. The van der Waals surface area contributed by atoms with Gasteiger partial charge in [-0.05, 0) is 5.56 Å². The first-order valence-corrected chi connectivity index (χ1v) is 5.84.